The first-order valence-corrected chi connectivity index (χ1v) is 12.6. The Morgan fingerprint density at radius 1 is 1.19 bits per heavy atom. The third kappa shape index (κ3) is 5.33. The molecule has 7 nitrogen and oxygen atoms in total. The van der Waals surface area contributed by atoms with Crippen molar-refractivity contribution in [3.63, 3.8) is 0 Å². The third-order valence-electron chi connectivity index (χ3n) is 6.62. The number of fused-ring (bicyclic) bond motifs is 1. The lowest BCUT2D eigenvalue weighted by Crippen LogP contribution is -2.39. The van der Waals surface area contributed by atoms with Gasteiger partial charge in [0.15, 0.2) is 5.82 Å². The number of halogens is 4. The van der Waals surface area contributed by atoms with Crippen LogP contribution in [0, 0.1) is 24.1 Å². The lowest BCUT2D eigenvalue weighted by atomic mass is 9.91. The highest BCUT2D eigenvalue weighted by Gasteiger charge is 2.30. The van der Waals surface area contributed by atoms with Gasteiger partial charge in [-0.3, -0.25) is 4.68 Å². The second kappa shape index (κ2) is 10.1. The van der Waals surface area contributed by atoms with E-state index in [2.05, 4.69) is 26.6 Å². The molecule has 5 rings (SSSR count). The summed E-state index contributed by atoms with van der Waals surface area (Å²) in [6, 6.07) is 6.80. The van der Waals surface area contributed by atoms with Crippen molar-refractivity contribution in [2.24, 2.45) is 0 Å². The van der Waals surface area contributed by atoms with Crippen LogP contribution in [-0.2, 0) is 0 Å². The van der Waals surface area contributed by atoms with Crippen LogP contribution < -0.4 is 5.32 Å². The van der Waals surface area contributed by atoms with Crippen molar-refractivity contribution in [2.75, 3.05) is 6.54 Å². The van der Waals surface area contributed by atoms with Gasteiger partial charge >= 0.3 is 6.18 Å². The maximum Gasteiger partial charge on any atom is 0.401 e. The van der Waals surface area contributed by atoms with Crippen LogP contribution in [0.15, 0.2) is 52.9 Å². The van der Waals surface area contributed by atoms with E-state index in [9.17, 15) is 22.8 Å². The number of hydrogen-bond acceptors (Lipinski definition) is 6. The van der Waals surface area contributed by atoms with Crippen molar-refractivity contribution >= 4 is 17.3 Å². The van der Waals surface area contributed by atoms with E-state index in [1.165, 1.54) is 24.5 Å². The molecule has 1 aliphatic carbocycles. The monoisotopic (exact) mass is 529 g/mol. The summed E-state index contributed by atoms with van der Waals surface area (Å²) in [5.41, 5.74) is 3.50. The predicted molar refractivity (Wildman–Crippen MR) is 130 cm³/mol. The molecule has 4 heterocycles. The first-order chi connectivity index (χ1) is 17.7. The topological polar surface area (TPSA) is 83.8 Å². The molecular weight excluding hydrogens is 506 g/mol. The summed E-state index contributed by atoms with van der Waals surface area (Å²) >= 11 is 1.12. The zero-order valence-corrected chi connectivity index (χ0v) is 20.7. The van der Waals surface area contributed by atoms with Crippen LogP contribution in [0.1, 0.15) is 43.0 Å². The molecule has 0 spiro atoms. The van der Waals surface area contributed by atoms with E-state index in [4.69, 9.17) is 0 Å². The molecule has 4 aromatic rings. The van der Waals surface area contributed by atoms with Gasteiger partial charge in [-0.2, -0.15) is 28.6 Å². The highest BCUT2D eigenvalue weighted by Crippen LogP contribution is 2.38. The second-order valence-corrected chi connectivity index (χ2v) is 10.1. The van der Waals surface area contributed by atoms with Crippen LogP contribution in [0.2, 0.25) is 0 Å². The Hall–Kier alpha value is -3.43. The summed E-state index contributed by atoms with van der Waals surface area (Å²) in [7, 11) is 0. The zero-order chi connectivity index (χ0) is 26.2. The molecular formula is C25H23F4N7S. The molecule has 0 aromatic carbocycles. The number of rotatable bonds is 6. The molecule has 1 aliphatic rings. The van der Waals surface area contributed by atoms with Crippen molar-refractivity contribution in [3.05, 3.63) is 60.1 Å². The van der Waals surface area contributed by atoms with Gasteiger partial charge in [-0.15, -0.1) is 0 Å². The number of nitrogens with zero attached hydrogens (tertiary/aromatic N) is 6. The Kier molecular flexibility index (Phi) is 6.92. The minimum absolute atomic E-state index is 0.0905. The molecule has 0 aliphatic heterocycles. The zero-order valence-electron chi connectivity index (χ0n) is 19.8. The molecule has 4 aromatic heterocycles. The molecule has 1 saturated carbocycles. The first-order valence-electron chi connectivity index (χ1n) is 11.8. The van der Waals surface area contributed by atoms with E-state index >= 15 is 0 Å². The van der Waals surface area contributed by atoms with Gasteiger partial charge < -0.3 is 5.32 Å². The van der Waals surface area contributed by atoms with Crippen molar-refractivity contribution in [1.29, 1.82) is 5.26 Å². The van der Waals surface area contributed by atoms with Gasteiger partial charge in [0, 0.05) is 40.2 Å². The van der Waals surface area contributed by atoms with Crippen LogP contribution in [0.25, 0.3) is 16.6 Å². The number of nitrogens with one attached hydrogen (secondary N) is 1. The highest BCUT2D eigenvalue weighted by atomic mass is 32.2. The Bertz CT molecular complexity index is 1460. The normalized spacial score (nSPS) is 18.3. The SMILES string of the molecule is Cc1c(-c2cc(Sc3ncccc3F)c3c(C#N)cnn3c2)cnn1[C@H]1CC[C@@H](NCC(F)(F)F)CC1. The maximum atomic E-state index is 14.4. The average Bonchev–Trinajstić information content (AvgIpc) is 3.47. The minimum atomic E-state index is -4.21. The number of nitriles is 1. The Balaban J connectivity index is 1.42. The van der Waals surface area contributed by atoms with Crippen LogP contribution >= 0.6 is 11.8 Å². The molecule has 0 unspecified atom stereocenters. The first kappa shape index (κ1) is 25.2. The summed E-state index contributed by atoms with van der Waals surface area (Å²) in [5.74, 6) is -0.460. The van der Waals surface area contributed by atoms with Gasteiger partial charge in [-0.25, -0.2) is 13.9 Å². The quantitative estimate of drug-likeness (QED) is 0.323. The van der Waals surface area contributed by atoms with Crippen LogP contribution in [0.3, 0.4) is 0 Å². The van der Waals surface area contributed by atoms with Gasteiger partial charge in [0.05, 0.1) is 36.1 Å². The standard InChI is InChI=1S/C25H23F4N7S/c1-15-20(12-34-36(15)19-6-4-18(5-7-19)32-14-25(27,28)29)16-9-22(37-24-21(26)3-2-8-31-24)23-17(10-30)11-33-35(23)13-16/h2-3,8-9,11-13,18-19,32H,4-7,14H2,1H3/t18-,19+. The van der Waals surface area contributed by atoms with Gasteiger partial charge in [0.1, 0.15) is 11.1 Å². The Labute approximate surface area is 214 Å². The van der Waals surface area contributed by atoms with E-state index in [-0.39, 0.29) is 17.1 Å². The average molecular weight is 530 g/mol. The van der Waals surface area contributed by atoms with Gasteiger partial charge in [0.25, 0.3) is 0 Å². The Morgan fingerprint density at radius 3 is 2.68 bits per heavy atom. The predicted octanol–water partition coefficient (Wildman–Crippen LogP) is 5.70. The number of pyridine rings is 2. The lowest BCUT2D eigenvalue weighted by Gasteiger charge is -2.30. The van der Waals surface area contributed by atoms with Crippen LogP contribution in [0.4, 0.5) is 17.6 Å². The highest BCUT2D eigenvalue weighted by molar-refractivity contribution is 7.99. The van der Waals surface area contributed by atoms with E-state index < -0.39 is 18.5 Å². The largest absolute Gasteiger partial charge is 0.401 e. The molecule has 0 saturated heterocycles. The summed E-state index contributed by atoms with van der Waals surface area (Å²) in [6.07, 6.45) is 5.06. The molecule has 12 heteroatoms. The maximum absolute atomic E-state index is 14.4. The van der Waals surface area contributed by atoms with E-state index in [1.807, 2.05) is 17.7 Å². The van der Waals surface area contributed by atoms with Crippen molar-refractivity contribution < 1.29 is 17.6 Å². The van der Waals surface area contributed by atoms with Crippen molar-refractivity contribution in [2.45, 2.75) is 60.8 Å². The third-order valence-corrected chi connectivity index (χ3v) is 7.64. The molecule has 1 N–H and O–H groups in total. The molecule has 0 radical (unpaired) electrons. The summed E-state index contributed by atoms with van der Waals surface area (Å²) < 4.78 is 55.5. The minimum Gasteiger partial charge on any atom is -0.306 e. The second-order valence-electron chi connectivity index (χ2n) is 9.04. The van der Waals surface area contributed by atoms with E-state index in [0.717, 1.165) is 41.4 Å². The fourth-order valence-corrected chi connectivity index (χ4v) is 5.77. The molecule has 192 valence electrons. The fraction of sp³-hybridized carbons (Fsp3) is 0.360. The molecule has 1 fully saturated rings. The van der Waals surface area contributed by atoms with Crippen molar-refractivity contribution in [1.82, 2.24) is 29.7 Å². The van der Waals surface area contributed by atoms with Crippen molar-refractivity contribution in [3.8, 4) is 17.2 Å². The summed E-state index contributed by atoms with van der Waals surface area (Å²) in [5, 5.41) is 21.3. The van der Waals surface area contributed by atoms with Gasteiger partial charge in [0.2, 0.25) is 0 Å². The number of aromatic nitrogens is 5. The lowest BCUT2D eigenvalue weighted by molar-refractivity contribution is -0.126. The van der Waals surface area contributed by atoms with Gasteiger partial charge in [-0.05, 0) is 50.8 Å². The van der Waals surface area contributed by atoms with E-state index in [1.54, 1.807) is 16.9 Å². The Morgan fingerprint density at radius 2 is 1.97 bits per heavy atom. The fourth-order valence-electron chi connectivity index (χ4n) is 4.80. The summed E-state index contributed by atoms with van der Waals surface area (Å²) in [4.78, 5) is 4.76. The molecule has 0 bridgehead atoms. The molecule has 0 atom stereocenters. The molecule has 0 amide bonds. The van der Waals surface area contributed by atoms with Crippen LogP contribution in [-0.4, -0.2) is 43.1 Å². The smallest absolute Gasteiger partial charge is 0.306 e. The summed E-state index contributed by atoms with van der Waals surface area (Å²) in [6.45, 7) is 0.981. The number of hydrogen-bond donors (Lipinski definition) is 1. The number of alkyl halides is 3. The van der Waals surface area contributed by atoms with Crippen LogP contribution in [0.5, 0.6) is 0 Å². The van der Waals surface area contributed by atoms with Gasteiger partial charge in [-0.1, -0.05) is 11.8 Å². The van der Waals surface area contributed by atoms with E-state index in [0.29, 0.717) is 28.8 Å². The molecule has 37 heavy (non-hydrogen) atoms.